The van der Waals surface area contributed by atoms with Crippen LogP contribution >= 0.6 is 0 Å². The van der Waals surface area contributed by atoms with Crippen molar-refractivity contribution in [3.63, 3.8) is 0 Å². The highest BCUT2D eigenvalue weighted by Gasteiger charge is 2.25. The van der Waals surface area contributed by atoms with Gasteiger partial charge in [0, 0.05) is 98.0 Å². The lowest BCUT2D eigenvalue weighted by Gasteiger charge is -2.34. The summed E-state index contributed by atoms with van der Waals surface area (Å²) in [6.07, 6.45) is 12.0. The summed E-state index contributed by atoms with van der Waals surface area (Å²) in [5.41, 5.74) is 4.81. The Morgan fingerprint density at radius 1 is 0.700 bits per heavy atom. The number of nitrogens with zero attached hydrogens (tertiary/aromatic N) is 5. The molecule has 50 heavy (non-hydrogen) atoms. The Balaban J connectivity index is 0.851. The SMILES string of the molecule is O=C(NC1CCN(c2ccc(CN3CCC(NC(=O)c4cccc(-c5cccnc5)c4F)CC3)cn2)CC1)c1cccc(-c2cccnc2)c1. The minimum absolute atomic E-state index is 0.00888. The predicted molar refractivity (Wildman–Crippen MR) is 192 cm³/mol. The standard InChI is InChI=1S/C40H40FN7O2/c41-38-35(32-8-4-18-43-26-32)9-2-10-36(38)40(50)46-33-13-19-47(20-14-33)27-28-11-12-37(44-24-28)48-21-15-34(16-22-48)45-39(49)30-6-1-5-29(23-30)31-7-3-17-42-25-31/h1-12,17-18,23-26,33-34H,13-16,19-22,27H2,(H,45,49)(H,46,50). The maximum Gasteiger partial charge on any atom is 0.254 e. The van der Waals surface area contributed by atoms with Crippen molar-refractivity contribution in [2.24, 2.45) is 0 Å². The van der Waals surface area contributed by atoms with Gasteiger partial charge in [-0.25, -0.2) is 9.37 Å². The zero-order valence-corrected chi connectivity index (χ0v) is 27.8. The highest BCUT2D eigenvalue weighted by molar-refractivity contribution is 5.96. The van der Waals surface area contributed by atoms with E-state index < -0.39 is 5.82 Å². The summed E-state index contributed by atoms with van der Waals surface area (Å²) in [5.74, 6) is -0.0151. The molecule has 0 atom stereocenters. The van der Waals surface area contributed by atoms with E-state index in [2.05, 4.69) is 42.5 Å². The molecule has 0 bridgehead atoms. The van der Waals surface area contributed by atoms with Gasteiger partial charge in [-0.1, -0.05) is 42.5 Å². The number of hydrogen-bond donors (Lipinski definition) is 2. The summed E-state index contributed by atoms with van der Waals surface area (Å²) in [6.45, 7) is 4.09. The second kappa shape index (κ2) is 15.4. The number of anilines is 1. The smallest absolute Gasteiger partial charge is 0.254 e. The molecule has 10 heteroatoms. The van der Waals surface area contributed by atoms with Crippen LogP contribution in [0.2, 0.25) is 0 Å². The molecule has 254 valence electrons. The molecule has 5 aromatic rings. The Morgan fingerprint density at radius 3 is 2.04 bits per heavy atom. The van der Waals surface area contributed by atoms with E-state index in [4.69, 9.17) is 4.98 Å². The molecule has 5 heterocycles. The molecule has 0 unspecified atom stereocenters. The third-order valence-corrected chi connectivity index (χ3v) is 9.63. The van der Waals surface area contributed by atoms with Crippen molar-refractivity contribution in [3.8, 4) is 22.3 Å². The van der Waals surface area contributed by atoms with E-state index in [0.717, 1.165) is 80.9 Å². The zero-order valence-electron chi connectivity index (χ0n) is 27.8. The molecule has 2 fully saturated rings. The van der Waals surface area contributed by atoms with Crippen molar-refractivity contribution >= 4 is 17.6 Å². The molecule has 2 amide bonds. The number of rotatable bonds is 9. The number of likely N-dealkylation sites (tertiary alicyclic amines) is 1. The molecule has 0 radical (unpaired) electrons. The van der Waals surface area contributed by atoms with Crippen molar-refractivity contribution in [1.29, 1.82) is 0 Å². The summed E-state index contributed by atoms with van der Waals surface area (Å²) in [4.78, 5) is 43.7. The van der Waals surface area contributed by atoms with Gasteiger partial charge in [-0.3, -0.25) is 24.5 Å². The number of aromatic nitrogens is 3. The van der Waals surface area contributed by atoms with Gasteiger partial charge in [0.05, 0.1) is 5.56 Å². The molecule has 0 spiro atoms. The Kier molecular flexibility index (Phi) is 10.2. The van der Waals surface area contributed by atoms with Gasteiger partial charge < -0.3 is 15.5 Å². The summed E-state index contributed by atoms with van der Waals surface area (Å²) in [6, 6.07) is 24.3. The van der Waals surface area contributed by atoms with Crippen LogP contribution in [0.25, 0.3) is 22.3 Å². The molecular formula is C40H40FN7O2. The minimum atomic E-state index is -0.526. The fourth-order valence-electron chi connectivity index (χ4n) is 6.80. The lowest BCUT2D eigenvalue weighted by molar-refractivity contribution is 0.0902. The van der Waals surface area contributed by atoms with Crippen LogP contribution in [-0.4, -0.2) is 69.9 Å². The van der Waals surface area contributed by atoms with Gasteiger partial charge in [-0.05, 0) is 73.2 Å². The van der Waals surface area contributed by atoms with E-state index in [9.17, 15) is 9.59 Å². The highest BCUT2D eigenvalue weighted by atomic mass is 19.1. The fourth-order valence-corrected chi connectivity index (χ4v) is 6.80. The molecule has 2 N–H and O–H groups in total. The topological polar surface area (TPSA) is 103 Å². The Labute approximate surface area is 291 Å². The first-order valence-corrected chi connectivity index (χ1v) is 17.2. The number of halogens is 1. The number of benzene rings is 2. The van der Waals surface area contributed by atoms with Crippen LogP contribution in [0.15, 0.2) is 110 Å². The van der Waals surface area contributed by atoms with E-state index in [-0.39, 0.29) is 29.5 Å². The number of pyridine rings is 3. The Hall–Kier alpha value is -5.48. The van der Waals surface area contributed by atoms with Crippen LogP contribution in [0.1, 0.15) is 52.0 Å². The number of carbonyl (C=O) groups excluding carboxylic acids is 2. The third kappa shape index (κ3) is 7.87. The van der Waals surface area contributed by atoms with Crippen LogP contribution in [0.4, 0.5) is 10.2 Å². The van der Waals surface area contributed by atoms with Gasteiger partial charge in [-0.15, -0.1) is 0 Å². The van der Waals surface area contributed by atoms with Crippen LogP contribution in [0.5, 0.6) is 0 Å². The van der Waals surface area contributed by atoms with Gasteiger partial charge in [-0.2, -0.15) is 0 Å². The van der Waals surface area contributed by atoms with Crippen molar-refractivity contribution in [2.45, 2.75) is 44.3 Å². The monoisotopic (exact) mass is 669 g/mol. The molecule has 2 aliphatic heterocycles. The Morgan fingerprint density at radius 2 is 1.36 bits per heavy atom. The third-order valence-electron chi connectivity index (χ3n) is 9.63. The van der Waals surface area contributed by atoms with E-state index in [1.54, 1.807) is 49.1 Å². The fraction of sp³-hybridized carbons (Fsp3) is 0.275. The van der Waals surface area contributed by atoms with E-state index in [1.165, 1.54) is 6.07 Å². The van der Waals surface area contributed by atoms with Crippen LogP contribution in [0.3, 0.4) is 0 Å². The number of piperidine rings is 2. The average molecular weight is 670 g/mol. The molecule has 2 aliphatic rings. The Bertz CT molecular complexity index is 1910. The molecule has 2 saturated heterocycles. The van der Waals surface area contributed by atoms with Crippen LogP contribution < -0.4 is 15.5 Å². The molecule has 3 aromatic heterocycles. The van der Waals surface area contributed by atoms with E-state index >= 15 is 4.39 Å². The van der Waals surface area contributed by atoms with Crippen LogP contribution in [0, 0.1) is 5.82 Å². The predicted octanol–water partition coefficient (Wildman–Crippen LogP) is 6.14. The number of carbonyl (C=O) groups is 2. The lowest BCUT2D eigenvalue weighted by atomic mass is 10.0. The second-order valence-electron chi connectivity index (χ2n) is 13.0. The van der Waals surface area contributed by atoms with Crippen molar-refractivity contribution < 1.29 is 14.0 Å². The quantitative estimate of drug-likeness (QED) is 0.195. The lowest BCUT2D eigenvalue weighted by Crippen LogP contribution is -2.45. The molecule has 0 aliphatic carbocycles. The maximum atomic E-state index is 15.3. The normalized spacial score (nSPS) is 15.8. The van der Waals surface area contributed by atoms with Crippen molar-refractivity contribution in [2.75, 3.05) is 31.1 Å². The second-order valence-corrected chi connectivity index (χ2v) is 13.0. The minimum Gasteiger partial charge on any atom is -0.356 e. The summed E-state index contributed by atoms with van der Waals surface area (Å²) >= 11 is 0. The maximum absolute atomic E-state index is 15.3. The molecule has 9 nitrogen and oxygen atoms in total. The summed E-state index contributed by atoms with van der Waals surface area (Å²) in [7, 11) is 0. The summed E-state index contributed by atoms with van der Waals surface area (Å²) < 4.78 is 15.3. The first kappa shape index (κ1) is 33.0. The number of hydrogen-bond acceptors (Lipinski definition) is 7. The first-order chi connectivity index (χ1) is 24.5. The van der Waals surface area contributed by atoms with Gasteiger partial charge in [0.25, 0.3) is 11.8 Å². The first-order valence-electron chi connectivity index (χ1n) is 17.2. The highest BCUT2D eigenvalue weighted by Crippen LogP contribution is 2.25. The van der Waals surface area contributed by atoms with E-state index in [1.807, 2.05) is 42.6 Å². The van der Waals surface area contributed by atoms with Gasteiger partial charge in [0.15, 0.2) is 0 Å². The van der Waals surface area contributed by atoms with Crippen molar-refractivity contribution in [1.82, 2.24) is 30.5 Å². The van der Waals surface area contributed by atoms with Crippen molar-refractivity contribution in [3.05, 3.63) is 132 Å². The molecule has 7 rings (SSSR count). The summed E-state index contributed by atoms with van der Waals surface area (Å²) in [5, 5.41) is 6.27. The zero-order chi connectivity index (χ0) is 34.3. The number of amides is 2. The van der Waals surface area contributed by atoms with Gasteiger partial charge >= 0.3 is 0 Å². The largest absolute Gasteiger partial charge is 0.356 e. The average Bonchev–Trinajstić information content (AvgIpc) is 3.17. The van der Waals surface area contributed by atoms with Crippen LogP contribution in [-0.2, 0) is 6.54 Å². The van der Waals surface area contributed by atoms with Gasteiger partial charge in [0.1, 0.15) is 11.6 Å². The van der Waals surface area contributed by atoms with E-state index in [0.29, 0.717) is 16.7 Å². The molecular weight excluding hydrogens is 629 g/mol. The number of nitrogens with one attached hydrogen (secondary N) is 2. The molecule has 2 aromatic carbocycles. The van der Waals surface area contributed by atoms with Gasteiger partial charge in [0.2, 0.25) is 0 Å². The molecule has 0 saturated carbocycles.